The van der Waals surface area contributed by atoms with Crippen molar-refractivity contribution in [3.63, 3.8) is 0 Å². The van der Waals surface area contributed by atoms with Crippen LogP contribution in [-0.2, 0) is 16.8 Å². The van der Waals surface area contributed by atoms with Crippen LogP contribution in [0.25, 0.3) is 0 Å². The fourth-order valence-electron chi connectivity index (χ4n) is 3.93. The Morgan fingerprint density at radius 1 is 1.14 bits per heavy atom. The molecule has 1 aromatic heterocycles. The van der Waals surface area contributed by atoms with Crippen molar-refractivity contribution in [2.75, 3.05) is 44.8 Å². The van der Waals surface area contributed by atoms with Crippen LogP contribution < -0.4 is 10.4 Å². The number of likely N-dealkylation sites (N-methyl/N-ethyl adjacent to an activating group) is 1. The molecule has 0 atom stereocenters. The van der Waals surface area contributed by atoms with Gasteiger partial charge in [-0.15, -0.1) is 0 Å². The van der Waals surface area contributed by atoms with E-state index in [2.05, 4.69) is 81.1 Å². The van der Waals surface area contributed by atoms with E-state index in [0.717, 1.165) is 38.3 Å². The van der Waals surface area contributed by atoms with Crippen molar-refractivity contribution in [3.05, 3.63) is 51.9 Å². The van der Waals surface area contributed by atoms with Gasteiger partial charge in [-0.05, 0) is 53.4 Å². The summed E-state index contributed by atoms with van der Waals surface area (Å²) in [6.07, 6.45) is 1.53. The number of hydrogen-bond donors (Lipinski definition) is 1. The lowest BCUT2D eigenvalue weighted by Gasteiger charge is -2.34. The Hall–Kier alpha value is -2.54. The second-order valence-corrected chi connectivity index (χ2v) is 11.8. The number of hydrogen-bond acceptors (Lipinski definition) is 7. The zero-order valence-corrected chi connectivity index (χ0v) is 23.2. The Balaban J connectivity index is 1.77. The lowest BCUT2D eigenvalue weighted by Crippen LogP contribution is -2.52. The van der Waals surface area contributed by atoms with E-state index in [-0.39, 0.29) is 17.1 Å². The van der Waals surface area contributed by atoms with E-state index < -0.39 is 5.41 Å². The maximum Gasteiger partial charge on any atom is 0.248 e. The van der Waals surface area contributed by atoms with Crippen LogP contribution >= 0.6 is 15.9 Å². The molecule has 3 rings (SSSR count). The first-order valence-corrected chi connectivity index (χ1v) is 12.7. The standard InChI is InChI=1S/C26H36BrN7O/c1-25(2,3)18-34(23-21(27)16-29-22(15-28)30-23)31-24(35)26(4,5)20-9-7-19(8-10-20)17-33-13-11-32(6)12-14-33/h7-10,16H,11-14,17-18H2,1-6H3,(H,31,35). The van der Waals surface area contributed by atoms with Crippen LogP contribution in [0, 0.1) is 16.7 Å². The molecule has 1 amide bonds. The number of anilines is 1. The van der Waals surface area contributed by atoms with Crippen LogP contribution in [0.2, 0.25) is 0 Å². The van der Waals surface area contributed by atoms with E-state index in [0.29, 0.717) is 16.8 Å². The molecule has 9 heteroatoms. The quantitative estimate of drug-likeness (QED) is 0.534. The van der Waals surface area contributed by atoms with Gasteiger partial charge in [0.1, 0.15) is 6.07 Å². The third kappa shape index (κ3) is 7.23. The molecule has 188 valence electrons. The van der Waals surface area contributed by atoms with Crippen molar-refractivity contribution in [3.8, 4) is 6.07 Å². The van der Waals surface area contributed by atoms with Gasteiger partial charge in [-0.2, -0.15) is 10.2 Å². The van der Waals surface area contributed by atoms with Gasteiger partial charge in [-0.1, -0.05) is 45.0 Å². The minimum absolute atomic E-state index is 0.0477. The SMILES string of the molecule is CN1CCN(Cc2ccc(C(C)(C)C(=O)NN(CC(C)(C)C)c3nc(C#N)ncc3Br)cc2)CC1. The molecule has 2 aromatic rings. The van der Waals surface area contributed by atoms with E-state index >= 15 is 0 Å². The summed E-state index contributed by atoms with van der Waals surface area (Å²) in [5, 5.41) is 11.0. The van der Waals surface area contributed by atoms with Gasteiger partial charge in [0.2, 0.25) is 11.7 Å². The highest BCUT2D eigenvalue weighted by atomic mass is 79.9. The van der Waals surface area contributed by atoms with Gasteiger partial charge in [-0.25, -0.2) is 4.98 Å². The van der Waals surface area contributed by atoms with Gasteiger partial charge < -0.3 is 4.90 Å². The summed E-state index contributed by atoms with van der Waals surface area (Å²) < 4.78 is 0.604. The summed E-state index contributed by atoms with van der Waals surface area (Å²) >= 11 is 3.47. The predicted molar refractivity (Wildman–Crippen MR) is 142 cm³/mol. The first-order valence-electron chi connectivity index (χ1n) is 11.9. The van der Waals surface area contributed by atoms with Crippen LogP contribution in [-0.4, -0.2) is 65.4 Å². The normalized spacial score (nSPS) is 15.5. The molecule has 8 nitrogen and oxygen atoms in total. The van der Waals surface area contributed by atoms with E-state index in [9.17, 15) is 10.1 Å². The van der Waals surface area contributed by atoms with Crippen molar-refractivity contribution in [2.45, 2.75) is 46.6 Å². The van der Waals surface area contributed by atoms with Crippen LogP contribution in [0.4, 0.5) is 5.82 Å². The molecule has 1 fully saturated rings. The maximum absolute atomic E-state index is 13.5. The molecule has 1 aliphatic heterocycles. The zero-order chi connectivity index (χ0) is 25.8. The third-order valence-electron chi connectivity index (χ3n) is 6.20. The molecule has 0 aliphatic carbocycles. The second kappa shape index (κ2) is 11.0. The molecule has 2 heterocycles. The molecular weight excluding hydrogens is 506 g/mol. The van der Waals surface area contributed by atoms with E-state index in [1.807, 2.05) is 32.0 Å². The maximum atomic E-state index is 13.5. The molecule has 0 radical (unpaired) electrons. The van der Waals surface area contributed by atoms with Crippen molar-refractivity contribution in [1.82, 2.24) is 25.2 Å². The highest BCUT2D eigenvalue weighted by Gasteiger charge is 2.33. The van der Waals surface area contributed by atoms with Gasteiger partial charge in [0.05, 0.1) is 9.89 Å². The molecule has 1 aromatic carbocycles. The number of piperazine rings is 1. The molecule has 35 heavy (non-hydrogen) atoms. The number of aromatic nitrogens is 2. The smallest absolute Gasteiger partial charge is 0.248 e. The minimum atomic E-state index is -0.778. The van der Waals surface area contributed by atoms with Crippen LogP contribution in [0.15, 0.2) is 34.9 Å². The first-order chi connectivity index (χ1) is 16.4. The number of nitrogens with zero attached hydrogens (tertiary/aromatic N) is 6. The van der Waals surface area contributed by atoms with Crippen molar-refractivity contribution >= 4 is 27.7 Å². The number of nitriles is 1. The number of rotatable bonds is 7. The lowest BCUT2D eigenvalue weighted by atomic mass is 9.83. The summed E-state index contributed by atoms with van der Waals surface area (Å²) in [6.45, 7) is 15.8. The number of benzene rings is 1. The van der Waals surface area contributed by atoms with Crippen LogP contribution in [0.5, 0.6) is 0 Å². The number of hydrazine groups is 1. The van der Waals surface area contributed by atoms with Crippen molar-refractivity contribution in [2.24, 2.45) is 5.41 Å². The number of amides is 1. The van der Waals surface area contributed by atoms with Gasteiger partial charge >= 0.3 is 0 Å². The average molecular weight is 543 g/mol. The number of carbonyl (C=O) groups is 1. The summed E-state index contributed by atoms with van der Waals surface area (Å²) in [5.74, 6) is 0.349. The Labute approximate surface area is 217 Å². The fraction of sp³-hybridized carbons (Fsp3) is 0.538. The Kier molecular flexibility index (Phi) is 8.52. The van der Waals surface area contributed by atoms with Gasteiger partial charge in [0, 0.05) is 45.5 Å². The molecule has 0 unspecified atom stereocenters. The van der Waals surface area contributed by atoms with Crippen molar-refractivity contribution < 1.29 is 4.79 Å². The molecule has 0 spiro atoms. The molecule has 0 saturated carbocycles. The number of carbonyl (C=O) groups excluding carboxylic acids is 1. The topological polar surface area (TPSA) is 88.4 Å². The highest BCUT2D eigenvalue weighted by Crippen LogP contribution is 2.28. The Morgan fingerprint density at radius 3 is 2.34 bits per heavy atom. The monoisotopic (exact) mass is 541 g/mol. The summed E-state index contributed by atoms with van der Waals surface area (Å²) in [6, 6.07) is 10.3. The van der Waals surface area contributed by atoms with Gasteiger partial charge in [0.25, 0.3) is 0 Å². The molecule has 1 aliphatic rings. The summed E-state index contributed by atoms with van der Waals surface area (Å²) in [4.78, 5) is 26.7. The second-order valence-electron chi connectivity index (χ2n) is 11.0. The van der Waals surface area contributed by atoms with E-state index in [4.69, 9.17) is 0 Å². The molecular formula is C26H36BrN7O. The fourth-order valence-corrected chi connectivity index (χ4v) is 4.33. The summed E-state index contributed by atoms with van der Waals surface area (Å²) in [5.41, 5.74) is 4.33. The zero-order valence-electron chi connectivity index (χ0n) is 21.6. The largest absolute Gasteiger partial charge is 0.304 e. The number of nitrogens with one attached hydrogen (secondary N) is 1. The first kappa shape index (κ1) is 27.1. The molecule has 1 N–H and O–H groups in total. The van der Waals surface area contributed by atoms with Gasteiger partial charge in [-0.3, -0.25) is 20.1 Å². The number of halogens is 1. The minimum Gasteiger partial charge on any atom is -0.304 e. The van der Waals surface area contributed by atoms with E-state index in [1.54, 1.807) is 5.01 Å². The molecule has 0 bridgehead atoms. The third-order valence-corrected chi connectivity index (χ3v) is 6.75. The Bertz CT molecular complexity index is 1060. The van der Waals surface area contributed by atoms with Crippen LogP contribution in [0.3, 0.4) is 0 Å². The lowest BCUT2D eigenvalue weighted by molar-refractivity contribution is -0.125. The highest BCUT2D eigenvalue weighted by molar-refractivity contribution is 9.10. The predicted octanol–water partition coefficient (Wildman–Crippen LogP) is 3.72. The van der Waals surface area contributed by atoms with Gasteiger partial charge in [0.15, 0.2) is 5.82 Å². The average Bonchev–Trinajstić information content (AvgIpc) is 2.80. The van der Waals surface area contributed by atoms with Crippen LogP contribution in [0.1, 0.15) is 51.6 Å². The summed E-state index contributed by atoms with van der Waals surface area (Å²) in [7, 11) is 2.16. The van der Waals surface area contributed by atoms with E-state index in [1.165, 1.54) is 11.8 Å². The van der Waals surface area contributed by atoms with Crippen molar-refractivity contribution in [1.29, 1.82) is 5.26 Å². The Morgan fingerprint density at radius 2 is 1.77 bits per heavy atom. The molecule has 1 saturated heterocycles.